The molecule has 1 aromatic carbocycles. The lowest BCUT2D eigenvalue weighted by Crippen LogP contribution is -2.40. The van der Waals surface area contributed by atoms with E-state index in [1.54, 1.807) is 0 Å². The van der Waals surface area contributed by atoms with Crippen LogP contribution in [-0.4, -0.2) is 30.6 Å². The molecule has 5 heteroatoms. The van der Waals surface area contributed by atoms with Gasteiger partial charge in [0.1, 0.15) is 11.4 Å². The molecular weight excluding hydrogens is 218 g/mol. The Kier molecular flexibility index (Phi) is 3.93. The van der Waals surface area contributed by atoms with Crippen LogP contribution in [-0.2, 0) is 0 Å². The number of nitrogens with zero attached hydrogens (tertiary/aromatic N) is 1. The van der Waals surface area contributed by atoms with E-state index in [0.717, 1.165) is 13.0 Å². The predicted octanol–water partition coefficient (Wildman–Crippen LogP) is 0.397. The van der Waals surface area contributed by atoms with E-state index in [1.165, 1.54) is 0 Å². The van der Waals surface area contributed by atoms with Gasteiger partial charge in [-0.1, -0.05) is 0 Å². The van der Waals surface area contributed by atoms with E-state index < -0.39 is 10.9 Å². The molecule has 0 fully saturated rings. The van der Waals surface area contributed by atoms with Gasteiger partial charge in [-0.25, -0.2) is 0 Å². The zero-order chi connectivity index (χ0) is 13.2. The summed E-state index contributed by atoms with van der Waals surface area (Å²) in [4.78, 5) is 24.2. The summed E-state index contributed by atoms with van der Waals surface area (Å²) in [6.07, 6.45) is 0.895. The maximum atomic E-state index is 11.1. The van der Waals surface area contributed by atoms with Gasteiger partial charge in [0.25, 0.3) is 10.9 Å². The van der Waals surface area contributed by atoms with Gasteiger partial charge in [-0.3, -0.25) is 9.59 Å². The highest BCUT2D eigenvalue weighted by Gasteiger charge is 2.18. The lowest BCUT2D eigenvalue weighted by atomic mass is 10.1. The van der Waals surface area contributed by atoms with Crippen molar-refractivity contribution < 1.29 is 0 Å². The van der Waals surface area contributed by atoms with Crippen LogP contribution in [0.1, 0.15) is 27.2 Å². The van der Waals surface area contributed by atoms with Crippen molar-refractivity contribution in [3.63, 3.8) is 0 Å². The molecule has 1 aromatic rings. The highest BCUT2D eigenvalue weighted by atomic mass is 16.2. The Morgan fingerprint density at radius 1 is 1.24 bits per heavy atom. The molecule has 0 bridgehead atoms. The molecular formula is C12H21N3O2. The van der Waals surface area contributed by atoms with E-state index in [1.807, 2.05) is 0 Å². The molecule has 0 heterocycles. The van der Waals surface area contributed by atoms with E-state index >= 15 is 0 Å². The van der Waals surface area contributed by atoms with Crippen LogP contribution in [0.5, 0.6) is 0 Å². The standard InChI is InChI=1S/C12H21N3O2/c1-12(2,3)15(4)7-5-6-14-9-8(13)10(16)11(9)17/h14H,5-7,13H2,1-4H3. The summed E-state index contributed by atoms with van der Waals surface area (Å²) in [6.45, 7) is 8.01. The smallest absolute Gasteiger partial charge is 0.253 e. The molecule has 1 rings (SSSR count). The zero-order valence-corrected chi connectivity index (χ0v) is 11.0. The lowest BCUT2D eigenvalue weighted by molar-refractivity contribution is 0.175. The molecule has 17 heavy (non-hydrogen) atoms. The Morgan fingerprint density at radius 2 is 1.82 bits per heavy atom. The maximum absolute atomic E-state index is 11.1. The number of nitrogens with one attached hydrogen (secondary N) is 1. The van der Waals surface area contributed by atoms with Gasteiger partial charge >= 0.3 is 0 Å². The molecule has 0 spiro atoms. The van der Waals surface area contributed by atoms with Crippen molar-refractivity contribution in [2.24, 2.45) is 0 Å². The lowest BCUT2D eigenvalue weighted by Gasteiger charge is -2.31. The first-order valence-corrected chi connectivity index (χ1v) is 5.79. The first-order valence-electron chi connectivity index (χ1n) is 5.79. The average molecular weight is 239 g/mol. The minimum absolute atomic E-state index is 0.0687. The molecule has 0 unspecified atom stereocenters. The van der Waals surface area contributed by atoms with Crippen molar-refractivity contribution >= 4 is 11.4 Å². The minimum atomic E-state index is -0.570. The molecule has 0 saturated carbocycles. The number of nitrogen functional groups attached to an aromatic ring is 1. The molecule has 0 aliphatic heterocycles. The van der Waals surface area contributed by atoms with E-state index in [4.69, 9.17) is 5.73 Å². The van der Waals surface area contributed by atoms with E-state index in [-0.39, 0.29) is 16.9 Å². The van der Waals surface area contributed by atoms with Gasteiger partial charge in [0, 0.05) is 18.6 Å². The van der Waals surface area contributed by atoms with E-state index in [9.17, 15) is 9.59 Å². The van der Waals surface area contributed by atoms with Crippen molar-refractivity contribution in [3.05, 3.63) is 20.4 Å². The van der Waals surface area contributed by atoms with Crippen LogP contribution < -0.4 is 21.9 Å². The van der Waals surface area contributed by atoms with Gasteiger partial charge in [-0.15, -0.1) is 0 Å². The third-order valence-corrected chi connectivity index (χ3v) is 3.06. The number of hydrogen-bond donors (Lipinski definition) is 2. The monoisotopic (exact) mass is 239 g/mol. The van der Waals surface area contributed by atoms with Gasteiger partial charge in [0.05, 0.1) is 0 Å². The van der Waals surface area contributed by atoms with Gasteiger partial charge in [-0.2, -0.15) is 0 Å². The zero-order valence-electron chi connectivity index (χ0n) is 11.0. The van der Waals surface area contributed by atoms with Crippen molar-refractivity contribution in [2.75, 3.05) is 31.2 Å². The van der Waals surface area contributed by atoms with Crippen LogP contribution in [0.4, 0.5) is 11.4 Å². The largest absolute Gasteiger partial charge is 0.394 e. The number of hydrogen-bond acceptors (Lipinski definition) is 5. The second kappa shape index (κ2) is 4.87. The summed E-state index contributed by atoms with van der Waals surface area (Å²) >= 11 is 0. The topological polar surface area (TPSA) is 75.4 Å². The normalized spacial score (nSPS) is 12.3. The van der Waals surface area contributed by atoms with Gasteiger partial charge in [-0.05, 0) is 34.2 Å². The van der Waals surface area contributed by atoms with Gasteiger partial charge in [0.2, 0.25) is 0 Å². The van der Waals surface area contributed by atoms with Crippen LogP contribution in [0.2, 0.25) is 0 Å². The number of rotatable bonds is 5. The number of anilines is 2. The molecule has 0 saturated heterocycles. The van der Waals surface area contributed by atoms with Crippen LogP contribution in [0.25, 0.3) is 0 Å². The van der Waals surface area contributed by atoms with E-state index in [2.05, 4.69) is 38.0 Å². The Bertz CT molecular complexity index is 453. The fourth-order valence-corrected chi connectivity index (χ4v) is 1.45. The Balaban J connectivity index is 2.31. The van der Waals surface area contributed by atoms with Crippen molar-refractivity contribution in [1.82, 2.24) is 4.90 Å². The molecule has 0 aliphatic rings. The van der Waals surface area contributed by atoms with Crippen molar-refractivity contribution in [3.8, 4) is 0 Å². The fraction of sp³-hybridized carbons (Fsp3) is 0.667. The average Bonchev–Trinajstić information content (AvgIpc) is 2.26. The summed E-state index contributed by atoms with van der Waals surface area (Å²) in [5.41, 5.74) is 4.83. The van der Waals surface area contributed by atoms with Crippen LogP contribution in [0.3, 0.4) is 0 Å². The van der Waals surface area contributed by atoms with E-state index in [0.29, 0.717) is 6.54 Å². The van der Waals surface area contributed by atoms with Gasteiger partial charge < -0.3 is 16.0 Å². The molecule has 0 atom stereocenters. The number of nitrogens with two attached hydrogens (primary N) is 1. The summed E-state index contributed by atoms with van der Waals surface area (Å²) < 4.78 is 0. The van der Waals surface area contributed by atoms with Crippen LogP contribution in [0, 0.1) is 0 Å². The first kappa shape index (κ1) is 13.7. The summed E-state index contributed by atoms with van der Waals surface area (Å²) in [5.74, 6) is 0. The molecule has 96 valence electrons. The summed E-state index contributed by atoms with van der Waals surface area (Å²) in [7, 11) is 2.06. The molecule has 3 N–H and O–H groups in total. The van der Waals surface area contributed by atoms with Crippen LogP contribution >= 0.6 is 0 Å². The Morgan fingerprint density at radius 3 is 2.29 bits per heavy atom. The quantitative estimate of drug-likeness (QED) is 0.574. The summed E-state index contributed by atoms with van der Waals surface area (Å²) in [5, 5.41) is 2.91. The molecule has 0 aliphatic carbocycles. The Hall–Kier alpha value is -1.36. The molecule has 5 nitrogen and oxygen atoms in total. The van der Waals surface area contributed by atoms with Crippen LogP contribution in [0.15, 0.2) is 9.59 Å². The van der Waals surface area contributed by atoms with Crippen molar-refractivity contribution in [1.29, 1.82) is 0 Å². The third-order valence-electron chi connectivity index (χ3n) is 3.06. The highest BCUT2D eigenvalue weighted by molar-refractivity contribution is 5.71. The Labute approximate surface area is 101 Å². The SMILES string of the molecule is CN(CCCNc1c(N)c(=O)c1=O)C(C)(C)C. The third kappa shape index (κ3) is 3.06. The molecule has 0 amide bonds. The maximum Gasteiger partial charge on any atom is 0.253 e. The molecule has 0 aromatic heterocycles. The first-order chi connectivity index (χ1) is 7.75. The second-order valence-corrected chi connectivity index (χ2v) is 5.32. The minimum Gasteiger partial charge on any atom is -0.394 e. The molecule has 0 radical (unpaired) electrons. The fourth-order valence-electron chi connectivity index (χ4n) is 1.45. The summed E-state index contributed by atoms with van der Waals surface area (Å²) in [6, 6.07) is 0. The van der Waals surface area contributed by atoms with Crippen molar-refractivity contribution in [2.45, 2.75) is 32.7 Å². The highest BCUT2D eigenvalue weighted by Crippen LogP contribution is 2.11. The second-order valence-electron chi connectivity index (χ2n) is 5.32. The predicted molar refractivity (Wildman–Crippen MR) is 71.3 cm³/mol. The van der Waals surface area contributed by atoms with Gasteiger partial charge in [0.15, 0.2) is 0 Å².